The fourth-order valence-corrected chi connectivity index (χ4v) is 1.86. The molecule has 0 amide bonds. The van der Waals surface area contributed by atoms with E-state index in [1.165, 1.54) is 0 Å². The predicted octanol–water partition coefficient (Wildman–Crippen LogP) is 2.26. The van der Waals surface area contributed by atoms with E-state index in [2.05, 4.69) is 4.98 Å². The number of benzene rings is 1. The highest BCUT2D eigenvalue weighted by atomic mass is 16.5. The van der Waals surface area contributed by atoms with Crippen molar-refractivity contribution in [3.63, 3.8) is 0 Å². The van der Waals surface area contributed by atoms with Crippen LogP contribution in [0.4, 0.5) is 5.69 Å². The Morgan fingerprint density at radius 1 is 1.42 bits per heavy atom. The van der Waals surface area contributed by atoms with Crippen LogP contribution in [0.3, 0.4) is 0 Å². The molecule has 19 heavy (non-hydrogen) atoms. The maximum absolute atomic E-state index is 11.8. The highest BCUT2D eigenvalue weighted by Gasteiger charge is 2.19. The Morgan fingerprint density at radius 3 is 2.74 bits per heavy atom. The number of imidazole rings is 1. The molecule has 2 N–H and O–H groups in total. The average Bonchev–Trinajstić information content (AvgIpc) is 2.88. The van der Waals surface area contributed by atoms with Crippen LogP contribution in [0.15, 0.2) is 36.7 Å². The van der Waals surface area contributed by atoms with Gasteiger partial charge in [0.25, 0.3) is 0 Å². The van der Waals surface area contributed by atoms with Gasteiger partial charge in [0.1, 0.15) is 11.9 Å². The largest absolute Gasteiger partial charge is 0.464 e. The molecule has 0 aliphatic carbocycles. The average molecular weight is 259 g/mol. The third-order valence-electron chi connectivity index (χ3n) is 2.88. The lowest BCUT2D eigenvalue weighted by molar-refractivity contribution is -0.146. The van der Waals surface area contributed by atoms with Crippen molar-refractivity contribution in [1.29, 1.82) is 0 Å². The first-order valence-corrected chi connectivity index (χ1v) is 6.19. The minimum absolute atomic E-state index is 0.266. The zero-order chi connectivity index (χ0) is 13.8. The number of aromatic nitrogens is 2. The van der Waals surface area contributed by atoms with Gasteiger partial charge in [-0.2, -0.15) is 0 Å². The van der Waals surface area contributed by atoms with Crippen molar-refractivity contribution in [2.75, 3.05) is 12.3 Å². The molecule has 1 unspecified atom stereocenters. The van der Waals surface area contributed by atoms with Gasteiger partial charge in [-0.25, -0.2) is 9.78 Å². The van der Waals surface area contributed by atoms with Gasteiger partial charge in [0, 0.05) is 23.6 Å². The van der Waals surface area contributed by atoms with Crippen LogP contribution in [0.2, 0.25) is 0 Å². The van der Waals surface area contributed by atoms with Crippen molar-refractivity contribution >= 4 is 11.7 Å². The van der Waals surface area contributed by atoms with Crippen LogP contribution >= 0.6 is 0 Å². The molecule has 5 nitrogen and oxygen atoms in total. The second-order valence-corrected chi connectivity index (χ2v) is 4.21. The molecular formula is C14H17N3O2. The Kier molecular flexibility index (Phi) is 3.85. The van der Waals surface area contributed by atoms with Crippen LogP contribution in [0.5, 0.6) is 0 Å². The van der Waals surface area contributed by atoms with E-state index < -0.39 is 6.04 Å². The van der Waals surface area contributed by atoms with Crippen LogP contribution in [0, 0.1) is 0 Å². The summed E-state index contributed by atoms with van der Waals surface area (Å²) in [5, 5.41) is 0. The number of nitrogen functional groups attached to an aromatic ring is 1. The van der Waals surface area contributed by atoms with Gasteiger partial charge in [-0.15, -0.1) is 0 Å². The molecular weight excluding hydrogens is 242 g/mol. The topological polar surface area (TPSA) is 70.1 Å². The number of nitrogens with two attached hydrogens (primary N) is 1. The highest BCUT2D eigenvalue weighted by molar-refractivity contribution is 5.75. The molecule has 2 rings (SSSR count). The molecule has 1 aromatic heterocycles. The second kappa shape index (κ2) is 5.56. The standard InChI is InChI=1S/C14H17N3O2/c1-3-19-14(18)10(2)17-9-8-16-13(17)11-4-6-12(15)7-5-11/h4-10H,3,15H2,1-2H3. The molecule has 100 valence electrons. The first-order chi connectivity index (χ1) is 9.13. The lowest BCUT2D eigenvalue weighted by atomic mass is 10.2. The summed E-state index contributed by atoms with van der Waals surface area (Å²) in [5.74, 6) is 0.456. The molecule has 0 radical (unpaired) electrons. The minimum atomic E-state index is -0.407. The third-order valence-corrected chi connectivity index (χ3v) is 2.88. The Balaban J connectivity index is 2.32. The minimum Gasteiger partial charge on any atom is -0.464 e. The van der Waals surface area contributed by atoms with Crippen LogP contribution in [0.1, 0.15) is 19.9 Å². The van der Waals surface area contributed by atoms with Gasteiger partial charge in [-0.05, 0) is 38.1 Å². The predicted molar refractivity (Wildman–Crippen MR) is 73.4 cm³/mol. The van der Waals surface area contributed by atoms with E-state index in [1.54, 1.807) is 30.8 Å². The third kappa shape index (κ3) is 2.76. The van der Waals surface area contributed by atoms with E-state index in [9.17, 15) is 4.79 Å². The van der Waals surface area contributed by atoms with E-state index in [1.807, 2.05) is 24.3 Å². The van der Waals surface area contributed by atoms with Crippen molar-refractivity contribution < 1.29 is 9.53 Å². The summed E-state index contributed by atoms with van der Waals surface area (Å²) in [6, 6.07) is 6.97. The molecule has 1 heterocycles. The monoisotopic (exact) mass is 259 g/mol. The number of hydrogen-bond acceptors (Lipinski definition) is 4. The molecule has 2 aromatic rings. The summed E-state index contributed by atoms with van der Waals surface area (Å²) in [5.41, 5.74) is 7.27. The fraction of sp³-hybridized carbons (Fsp3) is 0.286. The van der Waals surface area contributed by atoms with Crippen molar-refractivity contribution in [2.24, 2.45) is 0 Å². The molecule has 0 saturated heterocycles. The number of esters is 1. The Bertz CT molecular complexity index is 560. The number of carbonyl (C=O) groups is 1. The number of carbonyl (C=O) groups excluding carboxylic acids is 1. The molecule has 0 aliphatic heterocycles. The summed E-state index contributed by atoms with van der Waals surface area (Å²) >= 11 is 0. The fourth-order valence-electron chi connectivity index (χ4n) is 1.86. The van der Waals surface area contributed by atoms with Crippen LogP contribution in [0.25, 0.3) is 11.4 Å². The summed E-state index contributed by atoms with van der Waals surface area (Å²) in [7, 11) is 0. The van der Waals surface area contributed by atoms with Gasteiger partial charge in [0.15, 0.2) is 0 Å². The van der Waals surface area contributed by atoms with Crippen molar-refractivity contribution in [3.05, 3.63) is 36.7 Å². The Labute approximate surface area is 112 Å². The molecule has 1 aromatic carbocycles. The lowest BCUT2D eigenvalue weighted by Gasteiger charge is -2.15. The zero-order valence-corrected chi connectivity index (χ0v) is 11.0. The first-order valence-electron chi connectivity index (χ1n) is 6.19. The molecule has 0 saturated carbocycles. The SMILES string of the molecule is CCOC(=O)C(C)n1ccnc1-c1ccc(N)cc1. The molecule has 5 heteroatoms. The van der Waals surface area contributed by atoms with E-state index in [0.717, 1.165) is 11.4 Å². The molecule has 0 fully saturated rings. The van der Waals surface area contributed by atoms with Gasteiger partial charge in [0.2, 0.25) is 0 Å². The summed E-state index contributed by atoms with van der Waals surface area (Å²) in [6.45, 7) is 3.95. The summed E-state index contributed by atoms with van der Waals surface area (Å²) < 4.78 is 6.83. The second-order valence-electron chi connectivity index (χ2n) is 4.21. The van der Waals surface area contributed by atoms with Gasteiger partial charge in [-0.3, -0.25) is 0 Å². The summed E-state index contributed by atoms with van der Waals surface area (Å²) in [6.07, 6.45) is 3.44. The van der Waals surface area contributed by atoms with E-state index in [4.69, 9.17) is 10.5 Å². The van der Waals surface area contributed by atoms with Crippen molar-refractivity contribution in [3.8, 4) is 11.4 Å². The molecule has 1 atom stereocenters. The van der Waals surface area contributed by atoms with Crippen molar-refractivity contribution in [2.45, 2.75) is 19.9 Å². The Hall–Kier alpha value is -2.30. The normalized spacial score (nSPS) is 12.1. The highest BCUT2D eigenvalue weighted by Crippen LogP contribution is 2.22. The van der Waals surface area contributed by atoms with Crippen LogP contribution in [-0.4, -0.2) is 22.1 Å². The number of hydrogen-bond donors (Lipinski definition) is 1. The van der Waals surface area contributed by atoms with E-state index in [0.29, 0.717) is 12.3 Å². The lowest BCUT2D eigenvalue weighted by Crippen LogP contribution is -2.19. The van der Waals surface area contributed by atoms with E-state index >= 15 is 0 Å². The molecule has 0 bridgehead atoms. The number of rotatable bonds is 4. The van der Waals surface area contributed by atoms with Gasteiger partial charge < -0.3 is 15.0 Å². The summed E-state index contributed by atoms with van der Waals surface area (Å²) in [4.78, 5) is 16.1. The number of ether oxygens (including phenoxy) is 1. The number of anilines is 1. The van der Waals surface area contributed by atoms with Gasteiger partial charge in [0.05, 0.1) is 6.61 Å². The van der Waals surface area contributed by atoms with Gasteiger partial charge >= 0.3 is 5.97 Å². The maximum atomic E-state index is 11.8. The van der Waals surface area contributed by atoms with E-state index in [-0.39, 0.29) is 5.97 Å². The molecule has 0 spiro atoms. The maximum Gasteiger partial charge on any atom is 0.328 e. The molecule has 0 aliphatic rings. The Morgan fingerprint density at radius 2 is 2.11 bits per heavy atom. The smallest absolute Gasteiger partial charge is 0.328 e. The first kappa shape index (κ1) is 13.1. The number of nitrogens with zero attached hydrogens (tertiary/aromatic N) is 2. The quantitative estimate of drug-likeness (QED) is 0.675. The van der Waals surface area contributed by atoms with Crippen LogP contribution < -0.4 is 5.73 Å². The van der Waals surface area contributed by atoms with Gasteiger partial charge in [-0.1, -0.05) is 0 Å². The zero-order valence-electron chi connectivity index (χ0n) is 11.0. The van der Waals surface area contributed by atoms with Crippen molar-refractivity contribution in [1.82, 2.24) is 9.55 Å². The van der Waals surface area contributed by atoms with Crippen LogP contribution in [-0.2, 0) is 9.53 Å².